The van der Waals surface area contributed by atoms with E-state index in [1.807, 2.05) is 0 Å². The van der Waals surface area contributed by atoms with Crippen molar-refractivity contribution in [1.29, 1.82) is 0 Å². The van der Waals surface area contributed by atoms with Gasteiger partial charge in [-0.05, 0) is 44.9 Å². The maximum Gasteiger partial charge on any atom is 0.246 e. The van der Waals surface area contributed by atoms with E-state index in [1.54, 1.807) is 18.7 Å². The van der Waals surface area contributed by atoms with Crippen LogP contribution in [0.1, 0.15) is 47.0 Å². The first-order valence-corrected chi connectivity index (χ1v) is 8.04. The van der Waals surface area contributed by atoms with Gasteiger partial charge in [-0.15, -0.1) is 0 Å². The Hall–Kier alpha value is -1.10. The van der Waals surface area contributed by atoms with Crippen LogP contribution >= 0.6 is 0 Å². The van der Waals surface area contributed by atoms with E-state index >= 15 is 0 Å². The molecule has 21 heavy (non-hydrogen) atoms. The Kier molecular flexibility index (Phi) is 4.91. The number of piperazine rings is 1. The molecule has 0 spiro atoms. The molecule has 1 saturated heterocycles. The van der Waals surface area contributed by atoms with Crippen LogP contribution in [0.15, 0.2) is 0 Å². The first-order valence-electron chi connectivity index (χ1n) is 8.04. The number of nitrogens with zero attached hydrogens (tertiary/aromatic N) is 1. The van der Waals surface area contributed by atoms with Crippen LogP contribution in [0, 0.1) is 11.8 Å². The van der Waals surface area contributed by atoms with Crippen LogP contribution in [-0.2, 0) is 14.3 Å². The van der Waals surface area contributed by atoms with E-state index < -0.39 is 5.54 Å². The predicted molar refractivity (Wildman–Crippen MR) is 80.7 cm³/mol. The largest absolute Gasteiger partial charge is 0.380 e. The lowest BCUT2D eigenvalue weighted by atomic mass is 9.94. The summed E-state index contributed by atoms with van der Waals surface area (Å²) in [5.74, 6) is 0.945. The Morgan fingerprint density at radius 3 is 2.52 bits per heavy atom. The van der Waals surface area contributed by atoms with Crippen molar-refractivity contribution in [2.75, 3.05) is 19.8 Å². The van der Waals surface area contributed by atoms with Crippen molar-refractivity contribution in [3.63, 3.8) is 0 Å². The third kappa shape index (κ3) is 3.76. The van der Waals surface area contributed by atoms with Gasteiger partial charge >= 0.3 is 0 Å². The van der Waals surface area contributed by atoms with Gasteiger partial charge in [0.15, 0.2) is 0 Å². The minimum atomic E-state index is -0.788. The first kappa shape index (κ1) is 16.3. The number of nitrogens with one attached hydrogen (secondary N) is 1. The van der Waals surface area contributed by atoms with E-state index in [0.717, 1.165) is 19.3 Å². The van der Waals surface area contributed by atoms with Crippen LogP contribution in [0.5, 0.6) is 0 Å². The fourth-order valence-corrected chi connectivity index (χ4v) is 2.66. The number of rotatable bonds is 7. The molecule has 0 bridgehead atoms. The third-order valence-corrected chi connectivity index (χ3v) is 4.44. The van der Waals surface area contributed by atoms with Crippen LogP contribution in [0.4, 0.5) is 0 Å². The quantitative estimate of drug-likeness (QED) is 0.725. The molecular formula is C16H28N2O3. The summed E-state index contributed by atoms with van der Waals surface area (Å²) in [6.45, 7) is 9.61. The Labute approximate surface area is 127 Å². The van der Waals surface area contributed by atoms with Gasteiger partial charge in [0.25, 0.3) is 0 Å². The van der Waals surface area contributed by atoms with Gasteiger partial charge in [0.05, 0.1) is 6.61 Å². The van der Waals surface area contributed by atoms with Crippen molar-refractivity contribution in [3.05, 3.63) is 0 Å². The highest BCUT2D eigenvalue weighted by molar-refractivity contribution is 5.99. The van der Waals surface area contributed by atoms with Crippen molar-refractivity contribution in [1.82, 2.24) is 10.2 Å². The standard InChI is InChI=1S/C16H28N2O3/c1-11(2)7-9-21-10-8-18-14(19)13(12-5-6-12)17-15(20)16(18,3)4/h11-13H,5-10H2,1-4H3,(H,17,20). The van der Waals surface area contributed by atoms with E-state index in [-0.39, 0.29) is 17.9 Å². The maximum atomic E-state index is 12.6. The molecule has 5 heteroatoms. The second kappa shape index (κ2) is 6.34. The van der Waals surface area contributed by atoms with Crippen molar-refractivity contribution in [2.45, 2.75) is 58.5 Å². The highest BCUT2D eigenvalue weighted by Crippen LogP contribution is 2.36. The smallest absolute Gasteiger partial charge is 0.246 e. The normalized spacial score (nSPS) is 25.4. The zero-order valence-electron chi connectivity index (χ0n) is 13.6. The summed E-state index contributed by atoms with van der Waals surface area (Å²) >= 11 is 0. The zero-order chi connectivity index (χ0) is 15.6. The monoisotopic (exact) mass is 296 g/mol. The molecule has 0 aromatic carbocycles. The molecule has 1 unspecified atom stereocenters. The van der Waals surface area contributed by atoms with Gasteiger partial charge < -0.3 is 15.0 Å². The summed E-state index contributed by atoms with van der Waals surface area (Å²) in [6.07, 6.45) is 3.09. The molecule has 5 nitrogen and oxygen atoms in total. The number of hydrogen-bond donors (Lipinski definition) is 1. The molecule has 2 aliphatic rings. The fourth-order valence-electron chi connectivity index (χ4n) is 2.66. The molecule has 1 heterocycles. The molecule has 0 aromatic rings. The molecule has 1 aliphatic heterocycles. The molecule has 2 amide bonds. The predicted octanol–water partition coefficient (Wildman–Crippen LogP) is 1.56. The lowest BCUT2D eigenvalue weighted by Gasteiger charge is -2.44. The van der Waals surface area contributed by atoms with Crippen molar-refractivity contribution < 1.29 is 14.3 Å². The number of carbonyl (C=O) groups excluding carboxylic acids is 2. The summed E-state index contributed by atoms with van der Waals surface area (Å²) in [5.41, 5.74) is -0.788. The third-order valence-electron chi connectivity index (χ3n) is 4.44. The van der Waals surface area contributed by atoms with Crippen LogP contribution < -0.4 is 5.32 Å². The van der Waals surface area contributed by atoms with Gasteiger partial charge in [-0.2, -0.15) is 0 Å². The number of carbonyl (C=O) groups is 2. The summed E-state index contributed by atoms with van der Waals surface area (Å²) in [6, 6.07) is -0.318. The van der Waals surface area contributed by atoms with E-state index in [4.69, 9.17) is 4.74 Å². The second-order valence-corrected chi connectivity index (χ2v) is 7.13. The molecular weight excluding hydrogens is 268 g/mol. The van der Waals surface area contributed by atoms with Gasteiger partial charge in [0, 0.05) is 13.2 Å². The van der Waals surface area contributed by atoms with Gasteiger partial charge in [0.2, 0.25) is 11.8 Å². The van der Waals surface area contributed by atoms with E-state index in [9.17, 15) is 9.59 Å². The van der Waals surface area contributed by atoms with E-state index in [1.165, 1.54) is 0 Å². The molecule has 1 atom stereocenters. The average Bonchev–Trinajstić information content (AvgIpc) is 3.21. The molecule has 1 saturated carbocycles. The van der Waals surface area contributed by atoms with Crippen molar-refractivity contribution >= 4 is 11.8 Å². The molecule has 0 aromatic heterocycles. The maximum absolute atomic E-state index is 12.6. The van der Waals surface area contributed by atoms with Gasteiger partial charge in [-0.25, -0.2) is 0 Å². The van der Waals surface area contributed by atoms with Gasteiger partial charge in [-0.1, -0.05) is 13.8 Å². The van der Waals surface area contributed by atoms with Crippen LogP contribution in [0.3, 0.4) is 0 Å². The lowest BCUT2D eigenvalue weighted by Crippen LogP contribution is -2.69. The summed E-state index contributed by atoms with van der Waals surface area (Å²) in [4.78, 5) is 26.5. The van der Waals surface area contributed by atoms with Gasteiger partial charge in [-0.3, -0.25) is 9.59 Å². The number of hydrogen-bond acceptors (Lipinski definition) is 3. The van der Waals surface area contributed by atoms with Crippen LogP contribution in [0.25, 0.3) is 0 Å². The van der Waals surface area contributed by atoms with E-state index in [0.29, 0.717) is 31.6 Å². The molecule has 2 fully saturated rings. The fraction of sp³-hybridized carbons (Fsp3) is 0.875. The summed E-state index contributed by atoms with van der Waals surface area (Å²) < 4.78 is 5.61. The first-order chi connectivity index (χ1) is 9.84. The van der Waals surface area contributed by atoms with Crippen LogP contribution in [-0.4, -0.2) is 48.1 Å². The minimum absolute atomic E-state index is 0.0505. The molecule has 1 N–H and O–H groups in total. The lowest BCUT2D eigenvalue weighted by molar-refractivity contribution is -0.156. The Morgan fingerprint density at radius 1 is 1.29 bits per heavy atom. The highest BCUT2D eigenvalue weighted by Gasteiger charge is 2.50. The molecule has 120 valence electrons. The zero-order valence-corrected chi connectivity index (χ0v) is 13.6. The van der Waals surface area contributed by atoms with E-state index in [2.05, 4.69) is 19.2 Å². The Balaban J connectivity index is 1.90. The molecule has 0 radical (unpaired) electrons. The average molecular weight is 296 g/mol. The van der Waals surface area contributed by atoms with Crippen molar-refractivity contribution in [3.8, 4) is 0 Å². The van der Waals surface area contributed by atoms with Crippen LogP contribution in [0.2, 0.25) is 0 Å². The summed E-state index contributed by atoms with van der Waals surface area (Å²) in [5, 5.41) is 2.89. The molecule has 1 aliphatic carbocycles. The second-order valence-electron chi connectivity index (χ2n) is 7.13. The minimum Gasteiger partial charge on any atom is -0.380 e. The van der Waals surface area contributed by atoms with Crippen molar-refractivity contribution in [2.24, 2.45) is 11.8 Å². The topological polar surface area (TPSA) is 58.6 Å². The number of amides is 2. The Bertz CT molecular complexity index is 402. The highest BCUT2D eigenvalue weighted by atomic mass is 16.5. The Morgan fingerprint density at radius 2 is 1.95 bits per heavy atom. The SMILES string of the molecule is CC(C)CCOCCN1C(=O)C(C2CC2)NC(=O)C1(C)C. The van der Waals surface area contributed by atoms with Gasteiger partial charge in [0.1, 0.15) is 11.6 Å². The number of ether oxygens (including phenoxy) is 1. The molecule has 2 rings (SSSR count). The summed E-state index contributed by atoms with van der Waals surface area (Å²) in [7, 11) is 0.